The van der Waals surface area contributed by atoms with Crippen LogP contribution in [0.25, 0.3) is 11.1 Å². The Morgan fingerprint density at radius 2 is 1.89 bits per heavy atom. The van der Waals surface area contributed by atoms with Crippen LogP contribution in [0.1, 0.15) is 44.1 Å². The van der Waals surface area contributed by atoms with Crippen molar-refractivity contribution in [1.82, 2.24) is 0 Å². The molecule has 1 aliphatic rings. The molecule has 0 amide bonds. The predicted octanol–water partition coefficient (Wildman–Crippen LogP) is 4.90. The molecule has 0 heterocycles. The van der Waals surface area contributed by atoms with Gasteiger partial charge in [-0.25, -0.2) is 0 Å². The van der Waals surface area contributed by atoms with Gasteiger partial charge in [-0.2, -0.15) is 0 Å². The van der Waals surface area contributed by atoms with Gasteiger partial charge in [0.25, 0.3) is 0 Å². The minimum atomic E-state index is -0.828. The number of carboxylic acid groups (broad SMARTS) is 1. The third kappa shape index (κ3) is 5.27. The lowest BCUT2D eigenvalue weighted by atomic mass is 10.0. The second kappa shape index (κ2) is 9.14. The quantitative estimate of drug-likeness (QED) is 0.741. The maximum Gasteiger partial charge on any atom is 0.304 e. The molecule has 0 atom stereocenters. The van der Waals surface area contributed by atoms with E-state index in [1.165, 1.54) is 12.8 Å². The van der Waals surface area contributed by atoms with Gasteiger partial charge in [-0.3, -0.25) is 4.79 Å². The molecule has 0 radical (unpaired) electrons. The molecule has 0 aliphatic heterocycles. The molecule has 4 heteroatoms. The van der Waals surface area contributed by atoms with Crippen molar-refractivity contribution in [3.05, 3.63) is 48.0 Å². The monoisotopic (exact) mass is 364 g/mol. The molecular weight excluding hydrogens is 340 g/mol. The molecule has 27 heavy (non-hydrogen) atoms. The minimum absolute atomic E-state index is 0.0625. The smallest absolute Gasteiger partial charge is 0.304 e. The highest BCUT2D eigenvalue weighted by molar-refractivity contribution is 5.69. The summed E-state index contributed by atoms with van der Waals surface area (Å²) in [4.78, 5) is 10.6. The van der Waals surface area contributed by atoms with Crippen molar-refractivity contribution in [2.24, 2.45) is 0 Å². The van der Waals surface area contributed by atoms with Crippen molar-refractivity contribution in [1.29, 1.82) is 0 Å². The number of ether oxygens (including phenoxy) is 2. The van der Waals surface area contributed by atoms with Crippen LogP contribution in [-0.2, 0) is 4.79 Å². The molecule has 1 N–H and O–H groups in total. The van der Waals surface area contributed by atoms with Gasteiger partial charge in [-0.15, -0.1) is 0 Å². The maximum atomic E-state index is 10.6. The number of aliphatic carboxylic acids is 1. The number of hydrogen-bond donors (Lipinski definition) is 1. The summed E-state index contributed by atoms with van der Waals surface area (Å²) in [6.45, 7) is 0. The average molecular weight is 364 g/mol. The summed E-state index contributed by atoms with van der Waals surface area (Å²) in [7, 11) is 1.66. The second-order valence-electron chi connectivity index (χ2n) is 6.67. The lowest BCUT2D eigenvalue weighted by Gasteiger charge is -2.17. The lowest BCUT2D eigenvalue weighted by Crippen LogP contribution is -2.11. The van der Waals surface area contributed by atoms with Crippen LogP contribution < -0.4 is 9.47 Å². The number of rotatable bonds is 6. The third-order valence-corrected chi connectivity index (χ3v) is 4.65. The van der Waals surface area contributed by atoms with Crippen LogP contribution in [0.4, 0.5) is 0 Å². The summed E-state index contributed by atoms with van der Waals surface area (Å²) < 4.78 is 11.6. The van der Waals surface area contributed by atoms with Gasteiger partial charge in [0.2, 0.25) is 0 Å². The molecule has 1 aliphatic carbocycles. The molecule has 0 aromatic heterocycles. The van der Waals surface area contributed by atoms with Crippen molar-refractivity contribution in [2.45, 2.75) is 44.6 Å². The summed E-state index contributed by atoms with van der Waals surface area (Å²) in [5, 5.41) is 8.68. The maximum absolute atomic E-state index is 10.6. The van der Waals surface area contributed by atoms with Crippen LogP contribution >= 0.6 is 0 Å². The van der Waals surface area contributed by atoms with Crippen LogP contribution in [0, 0.1) is 11.8 Å². The van der Waals surface area contributed by atoms with E-state index in [2.05, 4.69) is 11.8 Å². The van der Waals surface area contributed by atoms with Gasteiger partial charge >= 0.3 is 5.97 Å². The second-order valence-corrected chi connectivity index (χ2v) is 6.67. The Morgan fingerprint density at radius 1 is 1.11 bits per heavy atom. The van der Waals surface area contributed by atoms with Crippen LogP contribution in [0.3, 0.4) is 0 Å². The van der Waals surface area contributed by atoms with E-state index in [1.54, 1.807) is 7.11 Å². The first kappa shape index (κ1) is 18.8. The van der Waals surface area contributed by atoms with Crippen LogP contribution in [-0.4, -0.2) is 24.3 Å². The van der Waals surface area contributed by atoms with E-state index < -0.39 is 5.97 Å². The van der Waals surface area contributed by atoms with Gasteiger partial charge in [0.1, 0.15) is 0 Å². The summed E-state index contributed by atoms with van der Waals surface area (Å²) in [5.41, 5.74) is 2.95. The van der Waals surface area contributed by atoms with Crippen molar-refractivity contribution >= 4 is 5.97 Å². The molecule has 2 aromatic rings. The standard InChI is InChI=1S/C23H24O4/c1-26-21-14-13-19(16-22(21)27-20-10-3-4-11-20)18-9-6-8-17(15-18)7-2-5-12-23(24)25/h6,8-9,13-16,20H,3-5,10-12H2,1H3,(H,24,25). The van der Waals surface area contributed by atoms with E-state index in [9.17, 15) is 4.79 Å². The van der Waals surface area contributed by atoms with Gasteiger partial charge in [0.05, 0.1) is 19.6 Å². The Labute approximate surface area is 160 Å². The minimum Gasteiger partial charge on any atom is -0.493 e. The Kier molecular flexibility index (Phi) is 6.38. The normalized spacial score (nSPS) is 13.7. The highest BCUT2D eigenvalue weighted by Gasteiger charge is 2.18. The fourth-order valence-corrected chi connectivity index (χ4v) is 3.24. The molecular formula is C23H24O4. The number of hydrogen-bond acceptors (Lipinski definition) is 3. The topological polar surface area (TPSA) is 55.8 Å². The molecule has 1 fully saturated rings. The van der Waals surface area contributed by atoms with Gasteiger partial charge in [0.15, 0.2) is 11.5 Å². The fourth-order valence-electron chi connectivity index (χ4n) is 3.24. The Bertz CT molecular complexity index is 854. The van der Waals surface area contributed by atoms with Crippen LogP contribution in [0.5, 0.6) is 11.5 Å². The molecule has 0 bridgehead atoms. The zero-order valence-electron chi connectivity index (χ0n) is 15.5. The summed E-state index contributed by atoms with van der Waals surface area (Å²) in [6.07, 6.45) is 5.29. The van der Waals surface area contributed by atoms with Gasteiger partial charge in [-0.1, -0.05) is 30.0 Å². The first-order valence-corrected chi connectivity index (χ1v) is 9.31. The summed E-state index contributed by atoms with van der Waals surface area (Å²) in [5.74, 6) is 6.65. The number of carbonyl (C=O) groups is 1. The Balaban J connectivity index is 1.80. The number of carboxylic acids is 1. The van der Waals surface area contributed by atoms with E-state index in [0.29, 0.717) is 6.42 Å². The molecule has 0 saturated heterocycles. The van der Waals surface area contributed by atoms with Crippen LogP contribution in [0.2, 0.25) is 0 Å². The number of benzene rings is 2. The van der Waals surface area contributed by atoms with E-state index in [4.69, 9.17) is 14.6 Å². The van der Waals surface area contributed by atoms with Gasteiger partial charge in [0, 0.05) is 12.0 Å². The summed E-state index contributed by atoms with van der Waals surface area (Å²) in [6, 6.07) is 13.9. The van der Waals surface area contributed by atoms with E-state index in [1.807, 2.05) is 42.5 Å². The first-order chi connectivity index (χ1) is 13.2. The molecule has 1 saturated carbocycles. The zero-order chi connectivity index (χ0) is 19.1. The van der Waals surface area contributed by atoms with Crippen molar-refractivity contribution < 1.29 is 19.4 Å². The van der Waals surface area contributed by atoms with Crippen molar-refractivity contribution in [3.8, 4) is 34.5 Å². The first-order valence-electron chi connectivity index (χ1n) is 9.31. The molecule has 140 valence electrons. The van der Waals surface area contributed by atoms with Crippen molar-refractivity contribution in [2.75, 3.05) is 7.11 Å². The Morgan fingerprint density at radius 3 is 2.63 bits per heavy atom. The highest BCUT2D eigenvalue weighted by Crippen LogP contribution is 2.35. The third-order valence-electron chi connectivity index (χ3n) is 4.65. The van der Waals surface area contributed by atoms with E-state index >= 15 is 0 Å². The van der Waals surface area contributed by atoms with Gasteiger partial charge in [-0.05, 0) is 61.1 Å². The molecule has 2 aromatic carbocycles. The Hall–Kier alpha value is -2.93. The van der Waals surface area contributed by atoms with Crippen LogP contribution in [0.15, 0.2) is 42.5 Å². The fraction of sp³-hybridized carbons (Fsp3) is 0.348. The van der Waals surface area contributed by atoms with E-state index in [-0.39, 0.29) is 12.5 Å². The zero-order valence-corrected chi connectivity index (χ0v) is 15.5. The molecule has 3 rings (SSSR count). The molecule has 4 nitrogen and oxygen atoms in total. The highest BCUT2D eigenvalue weighted by atomic mass is 16.5. The summed E-state index contributed by atoms with van der Waals surface area (Å²) >= 11 is 0. The molecule has 0 spiro atoms. The number of methoxy groups -OCH3 is 1. The molecule has 0 unspecified atom stereocenters. The average Bonchev–Trinajstić information content (AvgIpc) is 3.18. The lowest BCUT2D eigenvalue weighted by molar-refractivity contribution is -0.136. The largest absolute Gasteiger partial charge is 0.493 e. The predicted molar refractivity (Wildman–Crippen MR) is 105 cm³/mol. The van der Waals surface area contributed by atoms with E-state index in [0.717, 1.165) is 41.0 Å². The van der Waals surface area contributed by atoms with Gasteiger partial charge < -0.3 is 14.6 Å². The van der Waals surface area contributed by atoms with Crippen molar-refractivity contribution in [3.63, 3.8) is 0 Å². The SMILES string of the molecule is COc1ccc(-c2cccc(C#CCCC(=O)O)c2)cc1OC1CCCC1.